The Morgan fingerprint density at radius 2 is 2.08 bits per heavy atom. The van der Waals surface area contributed by atoms with Gasteiger partial charge in [-0.15, -0.1) is 5.10 Å². The van der Waals surface area contributed by atoms with Crippen molar-refractivity contribution in [2.24, 2.45) is 0 Å². The van der Waals surface area contributed by atoms with E-state index in [0.717, 1.165) is 27.7 Å². The average Bonchev–Trinajstić information content (AvgIpc) is 3.31. The second kappa shape index (κ2) is 6.82. The van der Waals surface area contributed by atoms with Crippen LogP contribution in [0.3, 0.4) is 0 Å². The molecule has 0 atom stereocenters. The van der Waals surface area contributed by atoms with E-state index in [9.17, 15) is 4.79 Å². The van der Waals surface area contributed by atoms with E-state index in [1.807, 2.05) is 41.9 Å². The van der Waals surface area contributed by atoms with Crippen LogP contribution >= 0.6 is 11.3 Å². The third kappa shape index (κ3) is 3.41. The summed E-state index contributed by atoms with van der Waals surface area (Å²) < 4.78 is 1.60. The highest BCUT2D eigenvalue weighted by atomic mass is 32.1. The highest BCUT2D eigenvalue weighted by Crippen LogP contribution is 2.21. The molecule has 0 aliphatic carbocycles. The van der Waals surface area contributed by atoms with Crippen molar-refractivity contribution in [3.05, 3.63) is 65.1 Å². The summed E-state index contributed by atoms with van der Waals surface area (Å²) in [5.74, 6) is -0.114. The van der Waals surface area contributed by atoms with Crippen molar-refractivity contribution in [3.8, 4) is 11.1 Å². The number of benzene rings is 1. The third-order valence-electron chi connectivity index (χ3n) is 3.85. The van der Waals surface area contributed by atoms with Crippen LogP contribution < -0.4 is 5.32 Å². The van der Waals surface area contributed by atoms with Gasteiger partial charge >= 0.3 is 0 Å². The lowest BCUT2D eigenvalue weighted by molar-refractivity contribution is -0.121. The molecule has 3 aromatic heterocycles. The fraction of sp³-hybridized carbons (Fsp3) is 0.111. The van der Waals surface area contributed by atoms with Crippen LogP contribution in [-0.2, 0) is 17.9 Å². The molecule has 3 heterocycles. The van der Waals surface area contributed by atoms with Crippen molar-refractivity contribution in [1.29, 1.82) is 0 Å². The zero-order valence-electron chi connectivity index (χ0n) is 13.3. The van der Waals surface area contributed by atoms with Gasteiger partial charge in [-0.25, -0.2) is 4.68 Å². The number of nitrogens with zero attached hydrogens (tertiary/aromatic N) is 4. The van der Waals surface area contributed by atoms with Crippen LogP contribution in [0.5, 0.6) is 0 Å². The normalized spacial score (nSPS) is 10.9. The SMILES string of the molecule is O=C(Cn1nnc2ccccc21)NCc1cncc(-c2ccsc2)c1. The van der Waals surface area contributed by atoms with Gasteiger partial charge in [-0.2, -0.15) is 11.3 Å². The molecule has 0 spiro atoms. The van der Waals surface area contributed by atoms with Gasteiger partial charge in [0.05, 0.1) is 5.52 Å². The molecular formula is C18H15N5OS. The van der Waals surface area contributed by atoms with E-state index in [-0.39, 0.29) is 12.5 Å². The third-order valence-corrected chi connectivity index (χ3v) is 4.54. The van der Waals surface area contributed by atoms with Crippen LogP contribution in [0.15, 0.2) is 59.6 Å². The van der Waals surface area contributed by atoms with Gasteiger partial charge in [0.25, 0.3) is 0 Å². The molecule has 4 rings (SSSR count). The zero-order chi connectivity index (χ0) is 17.1. The Balaban J connectivity index is 1.41. The van der Waals surface area contributed by atoms with Crippen molar-refractivity contribution < 1.29 is 4.79 Å². The number of fused-ring (bicyclic) bond motifs is 1. The standard InChI is InChI=1S/C18H15N5OS/c24-18(11-23-17-4-2-1-3-16(17)21-22-23)20-9-13-7-15(10-19-8-13)14-5-6-25-12-14/h1-8,10,12H,9,11H2,(H,20,24). The van der Waals surface area contributed by atoms with Gasteiger partial charge in [0.15, 0.2) is 0 Å². The number of pyridine rings is 1. The molecule has 0 saturated heterocycles. The minimum absolute atomic E-state index is 0.114. The lowest BCUT2D eigenvalue weighted by Crippen LogP contribution is -2.27. The summed E-state index contributed by atoms with van der Waals surface area (Å²) in [4.78, 5) is 16.5. The molecule has 0 unspecified atom stereocenters. The number of carbonyl (C=O) groups is 1. The van der Waals surface area contributed by atoms with Crippen molar-refractivity contribution in [3.63, 3.8) is 0 Å². The molecule has 4 aromatic rings. The van der Waals surface area contributed by atoms with Gasteiger partial charge in [-0.1, -0.05) is 17.3 Å². The Kier molecular flexibility index (Phi) is 4.22. The van der Waals surface area contributed by atoms with Crippen molar-refractivity contribution in [2.75, 3.05) is 0 Å². The van der Waals surface area contributed by atoms with Crippen molar-refractivity contribution in [1.82, 2.24) is 25.3 Å². The molecule has 1 aromatic carbocycles. The van der Waals surface area contributed by atoms with E-state index in [4.69, 9.17) is 0 Å². The average molecular weight is 349 g/mol. The maximum Gasteiger partial charge on any atom is 0.242 e. The van der Waals surface area contributed by atoms with Gasteiger partial charge in [-0.3, -0.25) is 9.78 Å². The molecule has 124 valence electrons. The Morgan fingerprint density at radius 1 is 1.16 bits per heavy atom. The summed E-state index contributed by atoms with van der Waals surface area (Å²) in [7, 11) is 0. The van der Waals surface area contributed by atoms with E-state index in [1.165, 1.54) is 0 Å². The Hall–Kier alpha value is -3.06. The number of nitrogens with one attached hydrogen (secondary N) is 1. The Morgan fingerprint density at radius 3 is 2.96 bits per heavy atom. The molecule has 0 fully saturated rings. The minimum atomic E-state index is -0.114. The summed E-state index contributed by atoms with van der Waals surface area (Å²) in [6, 6.07) is 11.7. The summed E-state index contributed by atoms with van der Waals surface area (Å²) >= 11 is 1.65. The number of carbonyl (C=O) groups excluding carboxylic acids is 1. The van der Waals surface area contributed by atoms with Crippen LogP contribution in [0.4, 0.5) is 0 Å². The lowest BCUT2D eigenvalue weighted by Gasteiger charge is -2.07. The van der Waals surface area contributed by atoms with E-state index >= 15 is 0 Å². The molecule has 25 heavy (non-hydrogen) atoms. The molecule has 7 heteroatoms. The maximum atomic E-state index is 12.2. The predicted octanol–water partition coefficient (Wildman–Crippen LogP) is 2.87. The Labute approximate surface area is 148 Å². The van der Waals surface area contributed by atoms with Gasteiger partial charge in [0.1, 0.15) is 12.1 Å². The predicted molar refractivity (Wildman–Crippen MR) is 96.9 cm³/mol. The highest BCUT2D eigenvalue weighted by Gasteiger charge is 2.08. The first-order valence-electron chi connectivity index (χ1n) is 7.81. The molecule has 0 radical (unpaired) electrons. The molecule has 6 nitrogen and oxygen atoms in total. The molecule has 0 bridgehead atoms. The lowest BCUT2D eigenvalue weighted by atomic mass is 10.1. The number of para-hydroxylation sites is 1. The quantitative estimate of drug-likeness (QED) is 0.601. The van der Waals surface area contributed by atoms with Crippen LogP contribution in [-0.4, -0.2) is 25.9 Å². The summed E-state index contributed by atoms with van der Waals surface area (Å²) in [5, 5.41) is 15.1. The van der Waals surface area contributed by atoms with Gasteiger partial charge in [0, 0.05) is 24.5 Å². The highest BCUT2D eigenvalue weighted by molar-refractivity contribution is 7.08. The van der Waals surface area contributed by atoms with Gasteiger partial charge in [0.2, 0.25) is 5.91 Å². The fourth-order valence-corrected chi connectivity index (χ4v) is 3.26. The fourth-order valence-electron chi connectivity index (χ4n) is 2.60. The number of aromatic nitrogens is 4. The van der Waals surface area contributed by atoms with E-state index in [1.54, 1.807) is 22.2 Å². The smallest absolute Gasteiger partial charge is 0.242 e. The largest absolute Gasteiger partial charge is 0.350 e. The van der Waals surface area contributed by atoms with Crippen LogP contribution in [0, 0.1) is 0 Å². The minimum Gasteiger partial charge on any atom is -0.350 e. The summed E-state index contributed by atoms with van der Waals surface area (Å²) in [6.45, 7) is 0.564. The van der Waals surface area contributed by atoms with Crippen LogP contribution in [0.2, 0.25) is 0 Å². The van der Waals surface area contributed by atoms with E-state index < -0.39 is 0 Å². The first kappa shape index (κ1) is 15.5. The number of rotatable bonds is 5. The number of thiophene rings is 1. The second-order valence-corrected chi connectivity index (χ2v) is 6.39. The van der Waals surface area contributed by atoms with Crippen molar-refractivity contribution in [2.45, 2.75) is 13.1 Å². The van der Waals surface area contributed by atoms with Gasteiger partial charge < -0.3 is 5.32 Å². The summed E-state index contributed by atoms with van der Waals surface area (Å²) in [5.41, 5.74) is 4.78. The van der Waals surface area contributed by atoms with E-state index in [0.29, 0.717) is 6.54 Å². The molecule has 1 N–H and O–H groups in total. The monoisotopic (exact) mass is 349 g/mol. The molecular weight excluding hydrogens is 334 g/mol. The van der Waals surface area contributed by atoms with Crippen molar-refractivity contribution >= 4 is 28.3 Å². The molecule has 0 saturated carbocycles. The first-order chi connectivity index (χ1) is 12.3. The maximum absolute atomic E-state index is 12.2. The Bertz CT molecular complexity index is 1010. The van der Waals surface area contributed by atoms with Gasteiger partial charge in [-0.05, 0) is 46.2 Å². The molecule has 0 aliphatic rings. The zero-order valence-corrected chi connectivity index (χ0v) is 14.1. The van der Waals surface area contributed by atoms with Crippen LogP contribution in [0.1, 0.15) is 5.56 Å². The second-order valence-electron chi connectivity index (χ2n) is 5.61. The number of amides is 1. The van der Waals surface area contributed by atoms with E-state index in [2.05, 4.69) is 32.1 Å². The van der Waals surface area contributed by atoms with Crippen LogP contribution in [0.25, 0.3) is 22.2 Å². The first-order valence-corrected chi connectivity index (χ1v) is 8.75. The number of hydrogen-bond acceptors (Lipinski definition) is 5. The molecule has 0 aliphatic heterocycles. The topological polar surface area (TPSA) is 72.7 Å². The summed E-state index contributed by atoms with van der Waals surface area (Å²) in [6.07, 6.45) is 3.59. The molecule has 1 amide bonds. The number of hydrogen-bond donors (Lipinski definition) is 1.